The topological polar surface area (TPSA) is 55.7 Å². The first kappa shape index (κ1) is 8.07. The van der Waals surface area contributed by atoms with Crippen molar-refractivity contribution in [2.24, 2.45) is 5.18 Å². The zero-order valence-electron chi connectivity index (χ0n) is 5.67. The Morgan fingerprint density at radius 1 is 1.56 bits per heavy atom. The van der Waals surface area contributed by atoms with Gasteiger partial charge in [0.15, 0.2) is 5.54 Å². The van der Waals surface area contributed by atoms with Gasteiger partial charge in [-0.2, -0.15) is 0 Å². The van der Waals surface area contributed by atoms with Gasteiger partial charge in [0.1, 0.15) is 0 Å². The van der Waals surface area contributed by atoms with Gasteiger partial charge in [-0.05, 0) is 13.8 Å². The Hall–Kier alpha value is -0.930. The standard InChI is InChI=1S/C5H9NO3/c1-5(2,6-8)4(7)9-3/h1-3H3. The van der Waals surface area contributed by atoms with Crippen molar-refractivity contribution in [1.82, 2.24) is 0 Å². The van der Waals surface area contributed by atoms with Gasteiger partial charge in [0.2, 0.25) is 0 Å². The Balaban J connectivity index is 4.14. The molecule has 0 unspecified atom stereocenters. The predicted octanol–water partition coefficient (Wildman–Crippen LogP) is 0.704. The second-order valence-electron chi connectivity index (χ2n) is 2.14. The fraction of sp³-hybridized carbons (Fsp3) is 0.800. The maximum absolute atomic E-state index is 10.5. The highest BCUT2D eigenvalue weighted by molar-refractivity contribution is 5.79. The van der Waals surface area contributed by atoms with Crippen LogP contribution in [-0.4, -0.2) is 18.6 Å². The minimum Gasteiger partial charge on any atom is -0.467 e. The Morgan fingerprint density at radius 3 is 2.11 bits per heavy atom. The summed E-state index contributed by atoms with van der Waals surface area (Å²) in [5.41, 5.74) is -1.24. The van der Waals surface area contributed by atoms with Crippen LogP contribution in [0, 0.1) is 4.91 Å². The van der Waals surface area contributed by atoms with Crippen molar-refractivity contribution in [3.63, 3.8) is 0 Å². The fourth-order valence-corrected chi connectivity index (χ4v) is 0.287. The van der Waals surface area contributed by atoms with Gasteiger partial charge in [-0.3, -0.25) is 0 Å². The van der Waals surface area contributed by atoms with E-state index in [1.54, 1.807) is 0 Å². The van der Waals surface area contributed by atoms with E-state index in [1.807, 2.05) is 0 Å². The number of nitrogens with zero attached hydrogens (tertiary/aromatic N) is 1. The molecule has 0 atom stereocenters. The van der Waals surface area contributed by atoms with Gasteiger partial charge < -0.3 is 4.74 Å². The number of carbonyl (C=O) groups excluding carboxylic acids is 1. The summed E-state index contributed by atoms with van der Waals surface area (Å²) < 4.78 is 4.27. The SMILES string of the molecule is COC(=O)C(C)(C)N=O. The molecule has 0 aromatic rings. The molecule has 0 aliphatic rings. The molecule has 0 aromatic carbocycles. The van der Waals surface area contributed by atoms with Gasteiger partial charge in [0, 0.05) is 0 Å². The van der Waals surface area contributed by atoms with E-state index < -0.39 is 11.5 Å². The van der Waals surface area contributed by atoms with Crippen LogP contribution < -0.4 is 0 Å². The summed E-state index contributed by atoms with van der Waals surface area (Å²) in [5, 5.41) is 2.57. The van der Waals surface area contributed by atoms with Crippen LogP contribution in [0.4, 0.5) is 0 Å². The third kappa shape index (κ3) is 1.79. The van der Waals surface area contributed by atoms with Crippen molar-refractivity contribution >= 4 is 5.97 Å². The highest BCUT2D eigenvalue weighted by Crippen LogP contribution is 2.08. The molecule has 52 valence electrons. The smallest absolute Gasteiger partial charge is 0.336 e. The lowest BCUT2D eigenvalue weighted by Crippen LogP contribution is -2.29. The van der Waals surface area contributed by atoms with Crippen molar-refractivity contribution in [2.75, 3.05) is 7.11 Å². The van der Waals surface area contributed by atoms with Crippen molar-refractivity contribution in [2.45, 2.75) is 19.4 Å². The van der Waals surface area contributed by atoms with E-state index >= 15 is 0 Å². The molecule has 0 N–H and O–H groups in total. The van der Waals surface area contributed by atoms with E-state index in [2.05, 4.69) is 9.91 Å². The second kappa shape index (κ2) is 2.57. The zero-order chi connectivity index (χ0) is 7.49. The predicted molar refractivity (Wildman–Crippen MR) is 31.9 cm³/mol. The lowest BCUT2D eigenvalue weighted by Gasteiger charge is -2.10. The van der Waals surface area contributed by atoms with Crippen molar-refractivity contribution in [1.29, 1.82) is 0 Å². The third-order valence-corrected chi connectivity index (χ3v) is 0.913. The highest BCUT2D eigenvalue weighted by Gasteiger charge is 2.29. The van der Waals surface area contributed by atoms with Crippen LogP contribution >= 0.6 is 0 Å². The number of methoxy groups -OCH3 is 1. The van der Waals surface area contributed by atoms with Gasteiger partial charge in [0.25, 0.3) is 0 Å². The first-order valence-electron chi connectivity index (χ1n) is 2.47. The van der Waals surface area contributed by atoms with E-state index in [-0.39, 0.29) is 0 Å². The van der Waals surface area contributed by atoms with Gasteiger partial charge in [-0.1, -0.05) is 5.18 Å². The Bertz CT molecular complexity index is 130. The second-order valence-corrected chi connectivity index (χ2v) is 2.14. The number of esters is 1. The Morgan fingerprint density at radius 2 is 2.00 bits per heavy atom. The fourth-order valence-electron chi connectivity index (χ4n) is 0.287. The quantitative estimate of drug-likeness (QED) is 0.409. The van der Waals surface area contributed by atoms with E-state index in [0.717, 1.165) is 0 Å². The summed E-state index contributed by atoms with van der Waals surface area (Å²) in [6.07, 6.45) is 0. The molecule has 0 saturated carbocycles. The van der Waals surface area contributed by atoms with E-state index in [1.165, 1.54) is 21.0 Å². The number of carbonyl (C=O) groups is 1. The molecule has 0 saturated heterocycles. The molecule has 0 rings (SSSR count). The average Bonchev–Trinajstić information content (AvgIpc) is 1.86. The van der Waals surface area contributed by atoms with Crippen LogP contribution in [0.3, 0.4) is 0 Å². The Kier molecular flexibility index (Phi) is 2.30. The van der Waals surface area contributed by atoms with Crippen LogP contribution in [0.2, 0.25) is 0 Å². The summed E-state index contributed by atoms with van der Waals surface area (Å²) in [7, 11) is 1.22. The van der Waals surface area contributed by atoms with Gasteiger partial charge in [-0.15, -0.1) is 4.91 Å². The molecule has 0 aromatic heterocycles. The summed E-state index contributed by atoms with van der Waals surface area (Å²) in [4.78, 5) is 20.4. The average molecular weight is 131 g/mol. The summed E-state index contributed by atoms with van der Waals surface area (Å²) >= 11 is 0. The molecular weight excluding hydrogens is 122 g/mol. The molecule has 0 bridgehead atoms. The van der Waals surface area contributed by atoms with E-state index in [4.69, 9.17) is 0 Å². The molecular formula is C5H9NO3. The van der Waals surface area contributed by atoms with Gasteiger partial charge in [-0.25, -0.2) is 4.79 Å². The number of nitroso groups, excluding NO2 is 1. The molecule has 0 radical (unpaired) electrons. The van der Waals surface area contributed by atoms with Crippen LogP contribution in [0.15, 0.2) is 5.18 Å². The molecule has 0 fully saturated rings. The highest BCUT2D eigenvalue weighted by atomic mass is 16.5. The summed E-state index contributed by atoms with van der Waals surface area (Å²) in [6, 6.07) is 0. The van der Waals surface area contributed by atoms with Crippen LogP contribution in [0.5, 0.6) is 0 Å². The first-order valence-corrected chi connectivity index (χ1v) is 2.47. The minimum absolute atomic E-state index is 0.613. The van der Waals surface area contributed by atoms with Crippen LogP contribution in [-0.2, 0) is 9.53 Å². The number of hydrogen-bond acceptors (Lipinski definition) is 4. The van der Waals surface area contributed by atoms with E-state index in [0.29, 0.717) is 0 Å². The molecule has 4 heteroatoms. The zero-order valence-corrected chi connectivity index (χ0v) is 5.67. The van der Waals surface area contributed by atoms with Crippen molar-refractivity contribution in [3.8, 4) is 0 Å². The van der Waals surface area contributed by atoms with Crippen molar-refractivity contribution in [3.05, 3.63) is 4.91 Å². The number of rotatable bonds is 2. The minimum atomic E-state index is -1.24. The number of ether oxygens (including phenoxy) is 1. The summed E-state index contributed by atoms with van der Waals surface area (Å²) in [5.74, 6) is -0.613. The summed E-state index contributed by atoms with van der Waals surface area (Å²) in [6.45, 7) is 2.79. The Labute approximate surface area is 53.2 Å². The number of hydrogen-bond donors (Lipinski definition) is 0. The molecule has 0 aliphatic carbocycles. The van der Waals surface area contributed by atoms with E-state index in [9.17, 15) is 9.70 Å². The molecule has 9 heavy (non-hydrogen) atoms. The molecule has 0 spiro atoms. The van der Waals surface area contributed by atoms with Gasteiger partial charge >= 0.3 is 5.97 Å². The lowest BCUT2D eigenvalue weighted by atomic mass is 10.1. The van der Waals surface area contributed by atoms with Gasteiger partial charge in [0.05, 0.1) is 7.11 Å². The maximum Gasteiger partial charge on any atom is 0.336 e. The first-order chi connectivity index (χ1) is 4.04. The maximum atomic E-state index is 10.5. The molecule has 4 nitrogen and oxygen atoms in total. The normalized spacial score (nSPS) is 10.6. The largest absolute Gasteiger partial charge is 0.467 e. The monoisotopic (exact) mass is 131 g/mol. The van der Waals surface area contributed by atoms with Crippen molar-refractivity contribution < 1.29 is 9.53 Å². The lowest BCUT2D eigenvalue weighted by molar-refractivity contribution is -0.145. The van der Waals surface area contributed by atoms with Crippen LogP contribution in [0.25, 0.3) is 0 Å². The molecule has 0 amide bonds. The molecule has 0 aliphatic heterocycles. The molecule has 0 heterocycles. The van der Waals surface area contributed by atoms with Crippen LogP contribution in [0.1, 0.15) is 13.8 Å². The third-order valence-electron chi connectivity index (χ3n) is 0.913.